The zero-order valence-electron chi connectivity index (χ0n) is 23.8. The van der Waals surface area contributed by atoms with E-state index in [2.05, 4.69) is 5.32 Å². The standard InChI is InChI=1S/C33H34ClN3O4S/c1-24-14-17-27(18-15-24)22-36(31(33(39)35-3)20-26-10-6-4-7-11-26)32(38)23-37(30-21-28(34)19-16-25(30)2)42(40,41)29-12-8-5-9-13-29/h4-19,21,31H,20,22-23H2,1-3H3,(H,35,39). The first-order chi connectivity index (χ1) is 20.1. The molecule has 0 radical (unpaired) electrons. The summed E-state index contributed by atoms with van der Waals surface area (Å²) >= 11 is 6.31. The van der Waals surface area contributed by atoms with Gasteiger partial charge in [-0.1, -0.05) is 96.0 Å². The van der Waals surface area contributed by atoms with Crippen LogP contribution in [-0.4, -0.2) is 44.8 Å². The van der Waals surface area contributed by atoms with E-state index in [9.17, 15) is 18.0 Å². The highest BCUT2D eigenvalue weighted by Gasteiger charge is 2.34. The van der Waals surface area contributed by atoms with Gasteiger partial charge in [0.15, 0.2) is 0 Å². The highest BCUT2D eigenvalue weighted by Crippen LogP contribution is 2.30. The molecular weight excluding hydrogens is 570 g/mol. The molecule has 4 rings (SSSR count). The molecule has 0 saturated carbocycles. The van der Waals surface area contributed by atoms with E-state index in [1.54, 1.807) is 37.3 Å². The molecule has 4 aromatic carbocycles. The molecule has 218 valence electrons. The van der Waals surface area contributed by atoms with Crippen molar-refractivity contribution in [3.05, 3.63) is 130 Å². The van der Waals surface area contributed by atoms with E-state index in [0.717, 1.165) is 21.0 Å². The third kappa shape index (κ3) is 7.38. The number of amides is 2. The Kier molecular flexibility index (Phi) is 10.0. The van der Waals surface area contributed by atoms with Gasteiger partial charge in [0.05, 0.1) is 10.6 Å². The number of rotatable bonds is 11. The molecule has 9 heteroatoms. The maximum Gasteiger partial charge on any atom is 0.264 e. The first-order valence-electron chi connectivity index (χ1n) is 13.5. The Labute approximate surface area is 252 Å². The summed E-state index contributed by atoms with van der Waals surface area (Å²) in [7, 11) is -2.66. The summed E-state index contributed by atoms with van der Waals surface area (Å²) in [6.07, 6.45) is 0.250. The topological polar surface area (TPSA) is 86.8 Å². The fourth-order valence-corrected chi connectivity index (χ4v) is 6.35. The van der Waals surface area contributed by atoms with E-state index in [1.165, 1.54) is 30.1 Å². The number of carbonyl (C=O) groups excluding carboxylic acids is 2. The van der Waals surface area contributed by atoms with Gasteiger partial charge < -0.3 is 10.2 Å². The normalized spacial score (nSPS) is 11.9. The fraction of sp³-hybridized carbons (Fsp3) is 0.212. The predicted molar refractivity (Wildman–Crippen MR) is 167 cm³/mol. The molecule has 2 amide bonds. The van der Waals surface area contributed by atoms with Crippen molar-refractivity contribution in [2.45, 2.75) is 37.8 Å². The number of halogens is 1. The van der Waals surface area contributed by atoms with E-state index in [-0.39, 0.29) is 29.5 Å². The summed E-state index contributed by atoms with van der Waals surface area (Å²) in [6.45, 7) is 3.30. The lowest BCUT2D eigenvalue weighted by atomic mass is 10.0. The van der Waals surface area contributed by atoms with Crippen LogP contribution in [0.5, 0.6) is 0 Å². The molecule has 0 fully saturated rings. The molecule has 0 bridgehead atoms. The number of hydrogen-bond acceptors (Lipinski definition) is 4. The minimum Gasteiger partial charge on any atom is -0.357 e. The van der Waals surface area contributed by atoms with Crippen LogP contribution in [0.15, 0.2) is 108 Å². The summed E-state index contributed by atoms with van der Waals surface area (Å²) in [6, 6.07) is 29.1. The Bertz CT molecular complexity index is 1630. The summed E-state index contributed by atoms with van der Waals surface area (Å²) in [5, 5.41) is 3.02. The number of aryl methyl sites for hydroxylation is 2. The molecular formula is C33H34ClN3O4S. The van der Waals surface area contributed by atoms with Crippen LogP contribution in [0, 0.1) is 13.8 Å². The monoisotopic (exact) mass is 603 g/mol. The van der Waals surface area contributed by atoms with Crippen LogP contribution < -0.4 is 9.62 Å². The van der Waals surface area contributed by atoms with Gasteiger partial charge in [0.25, 0.3) is 10.0 Å². The van der Waals surface area contributed by atoms with Gasteiger partial charge in [-0.05, 0) is 54.8 Å². The van der Waals surface area contributed by atoms with Gasteiger partial charge in [-0.3, -0.25) is 13.9 Å². The second kappa shape index (κ2) is 13.7. The summed E-state index contributed by atoms with van der Waals surface area (Å²) < 4.78 is 29.1. The van der Waals surface area contributed by atoms with Crippen LogP contribution in [0.3, 0.4) is 0 Å². The van der Waals surface area contributed by atoms with Crippen molar-refractivity contribution < 1.29 is 18.0 Å². The van der Waals surface area contributed by atoms with E-state index in [4.69, 9.17) is 11.6 Å². The average molecular weight is 604 g/mol. The van der Waals surface area contributed by atoms with Crippen molar-refractivity contribution in [3.8, 4) is 0 Å². The molecule has 0 heterocycles. The first kappa shape index (κ1) is 30.8. The Morgan fingerprint density at radius 1 is 0.833 bits per heavy atom. The zero-order chi connectivity index (χ0) is 30.3. The van der Waals surface area contributed by atoms with E-state index < -0.39 is 28.5 Å². The minimum atomic E-state index is -4.18. The Morgan fingerprint density at radius 2 is 1.45 bits per heavy atom. The van der Waals surface area contributed by atoms with Crippen LogP contribution in [-0.2, 0) is 32.6 Å². The number of sulfonamides is 1. The maximum atomic E-state index is 14.3. The lowest BCUT2D eigenvalue weighted by molar-refractivity contribution is -0.139. The molecule has 1 atom stereocenters. The lowest BCUT2D eigenvalue weighted by Gasteiger charge is -2.34. The fourth-order valence-electron chi connectivity index (χ4n) is 4.70. The maximum absolute atomic E-state index is 14.3. The molecule has 4 aromatic rings. The Morgan fingerprint density at radius 3 is 2.07 bits per heavy atom. The van der Waals surface area contributed by atoms with Crippen LogP contribution >= 0.6 is 11.6 Å². The summed E-state index contributed by atoms with van der Waals surface area (Å²) in [5.74, 6) is -0.880. The molecule has 42 heavy (non-hydrogen) atoms. The van der Waals surface area contributed by atoms with E-state index >= 15 is 0 Å². The molecule has 1 unspecified atom stereocenters. The largest absolute Gasteiger partial charge is 0.357 e. The van der Waals surface area contributed by atoms with Gasteiger partial charge in [-0.2, -0.15) is 0 Å². The second-order valence-electron chi connectivity index (χ2n) is 10.1. The quantitative estimate of drug-likeness (QED) is 0.244. The number of benzene rings is 4. The number of anilines is 1. The number of carbonyl (C=O) groups is 2. The van der Waals surface area contributed by atoms with Gasteiger partial charge in [0.1, 0.15) is 12.6 Å². The smallest absolute Gasteiger partial charge is 0.264 e. The zero-order valence-corrected chi connectivity index (χ0v) is 25.4. The van der Waals surface area contributed by atoms with Crippen LogP contribution in [0.25, 0.3) is 0 Å². The van der Waals surface area contributed by atoms with Crippen molar-refractivity contribution >= 4 is 39.1 Å². The van der Waals surface area contributed by atoms with Crippen molar-refractivity contribution in [2.24, 2.45) is 0 Å². The highest BCUT2D eigenvalue weighted by atomic mass is 35.5. The SMILES string of the molecule is CNC(=O)C(Cc1ccccc1)N(Cc1ccc(C)cc1)C(=O)CN(c1cc(Cl)ccc1C)S(=O)(=O)c1ccccc1. The molecule has 0 aromatic heterocycles. The van der Waals surface area contributed by atoms with Gasteiger partial charge in [0, 0.05) is 25.0 Å². The minimum absolute atomic E-state index is 0.0365. The van der Waals surface area contributed by atoms with Crippen LogP contribution in [0.2, 0.25) is 5.02 Å². The predicted octanol–water partition coefficient (Wildman–Crippen LogP) is 5.54. The summed E-state index contributed by atoms with van der Waals surface area (Å²) in [5.41, 5.74) is 3.65. The van der Waals surface area contributed by atoms with E-state index in [0.29, 0.717) is 10.6 Å². The summed E-state index contributed by atoms with van der Waals surface area (Å²) in [4.78, 5) is 29.2. The van der Waals surface area contributed by atoms with Crippen molar-refractivity contribution in [1.29, 1.82) is 0 Å². The molecule has 0 aliphatic rings. The van der Waals surface area contributed by atoms with Gasteiger partial charge in [-0.25, -0.2) is 8.42 Å². The molecule has 0 spiro atoms. The third-order valence-electron chi connectivity index (χ3n) is 7.04. The molecule has 0 aliphatic heterocycles. The molecule has 1 N–H and O–H groups in total. The van der Waals surface area contributed by atoms with Gasteiger partial charge in [0.2, 0.25) is 11.8 Å². The molecule has 0 aliphatic carbocycles. The number of likely N-dealkylation sites (N-methyl/N-ethyl adjacent to an activating group) is 1. The number of nitrogens with one attached hydrogen (secondary N) is 1. The van der Waals surface area contributed by atoms with Crippen LogP contribution in [0.4, 0.5) is 5.69 Å². The first-order valence-corrected chi connectivity index (χ1v) is 15.4. The second-order valence-corrected chi connectivity index (χ2v) is 12.4. The van der Waals surface area contributed by atoms with Crippen molar-refractivity contribution in [3.63, 3.8) is 0 Å². The Balaban J connectivity index is 1.81. The third-order valence-corrected chi connectivity index (χ3v) is 9.05. The Hall–Kier alpha value is -4.14. The lowest BCUT2D eigenvalue weighted by Crippen LogP contribution is -2.53. The molecule has 7 nitrogen and oxygen atoms in total. The average Bonchev–Trinajstić information content (AvgIpc) is 3.00. The van der Waals surface area contributed by atoms with Crippen molar-refractivity contribution in [2.75, 3.05) is 17.9 Å². The number of hydrogen-bond donors (Lipinski definition) is 1. The van der Waals surface area contributed by atoms with E-state index in [1.807, 2.05) is 61.5 Å². The van der Waals surface area contributed by atoms with Gasteiger partial charge in [-0.15, -0.1) is 0 Å². The van der Waals surface area contributed by atoms with Gasteiger partial charge >= 0.3 is 0 Å². The number of nitrogens with zero attached hydrogens (tertiary/aromatic N) is 2. The van der Waals surface area contributed by atoms with Crippen LogP contribution in [0.1, 0.15) is 22.3 Å². The molecule has 0 saturated heterocycles. The highest BCUT2D eigenvalue weighted by molar-refractivity contribution is 7.92. The van der Waals surface area contributed by atoms with Crippen molar-refractivity contribution in [1.82, 2.24) is 10.2 Å².